The molecule has 428 valence electrons. The minimum atomic E-state index is -1.89. The SMILES string of the molecule is COc1cc2cc(c1Cl)N(C)C(=O)C[C@H](OC(=O)[C@H](C)N(C)C(=O)CCOC(=O)N(C)CCN(C)C(=O)OC1C=CCC(OCCNC(=O)CBr)CCC1)[C@]1(C)O[C@H]1[C@H](C)[C@@H]1C[C@@](O)(NC(=O)O1)[C@H](OC)C=CC=C(C)C2. The molecule has 2 saturated heterocycles. The number of halogens is 2. The van der Waals surface area contributed by atoms with Gasteiger partial charge in [0.1, 0.15) is 53.4 Å². The number of alkyl carbamates (subject to hydrolysis) is 1. The Bertz CT molecular complexity index is 2380. The summed E-state index contributed by atoms with van der Waals surface area (Å²) < 4.78 is 46.3. The number of hydrogen-bond acceptors (Lipinski definition) is 16. The summed E-state index contributed by atoms with van der Waals surface area (Å²) in [5, 5.41) is 17.5. The Kier molecular flexibility index (Phi) is 23.0. The lowest BCUT2D eigenvalue weighted by Gasteiger charge is -2.42. The summed E-state index contributed by atoms with van der Waals surface area (Å²) in [6, 6.07) is 2.33. The molecule has 0 aromatic heterocycles. The molecule has 6 amide bonds. The van der Waals surface area contributed by atoms with Crippen molar-refractivity contribution in [3.05, 3.63) is 58.7 Å². The Labute approximate surface area is 464 Å². The summed E-state index contributed by atoms with van der Waals surface area (Å²) >= 11 is 9.92. The predicted octanol–water partition coefficient (Wildman–Crippen LogP) is 5.44. The van der Waals surface area contributed by atoms with Gasteiger partial charge >= 0.3 is 24.2 Å². The molecule has 0 saturated carbocycles. The third-order valence-corrected chi connectivity index (χ3v) is 15.3. The summed E-state index contributed by atoms with van der Waals surface area (Å²) in [4.78, 5) is 97.3. The van der Waals surface area contributed by atoms with Crippen LogP contribution in [0.2, 0.25) is 5.02 Å². The predicted molar refractivity (Wildman–Crippen MR) is 287 cm³/mol. The van der Waals surface area contributed by atoms with Crippen LogP contribution in [0.15, 0.2) is 48.1 Å². The number of esters is 1. The summed E-state index contributed by atoms with van der Waals surface area (Å²) in [7, 11) is 8.85. The molecule has 4 aliphatic rings. The minimum absolute atomic E-state index is 0.00415. The average molecular weight is 1170 g/mol. The second-order valence-corrected chi connectivity index (χ2v) is 21.0. The van der Waals surface area contributed by atoms with Gasteiger partial charge in [0, 0.05) is 67.3 Å². The zero-order valence-electron chi connectivity index (χ0n) is 45.7. The smallest absolute Gasteiger partial charge is 0.410 e. The van der Waals surface area contributed by atoms with E-state index in [0.717, 1.165) is 28.9 Å². The van der Waals surface area contributed by atoms with E-state index in [4.69, 9.17) is 49.5 Å². The molecule has 2 unspecified atom stereocenters. The van der Waals surface area contributed by atoms with E-state index in [9.17, 15) is 38.7 Å². The van der Waals surface area contributed by atoms with Gasteiger partial charge in [-0.1, -0.05) is 64.3 Å². The van der Waals surface area contributed by atoms with E-state index in [0.29, 0.717) is 43.9 Å². The van der Waals surface area contributed by atoms with E-state index >= 15 is 0 Å². The summed E-state index contributed by atoms with van der Waals surface area (Å²) in [6.07, 6.45) is 4.81. The Morgan fingerprint density at radius 2 is 1.75 bits per heavy atom. The monoisotopic (exact) mass is 1170 g/mol. The number of ether oxygens (including phenoxy) is 8. The molecule has 22 nitrogen and oxygen atoms in total. The fourth-order valence-corrected chi connectivity index (χ4v) is 9.80. The number of carbonyl (C=O) groups excluding carboxylic acids is 7. The fourth-order valence-electron chi connectivity index (χ4n) is 9.29. The van der Waals surface area contributed by atoms with E-state index < -0.39 is 96.3 Å². The van der Waals surface area contributed by atoms with Crippen LogP contribution in [-0.4, -0.2) is 196 Å². The highest BCUT2D eigenvalue weighted by Crippen LogP contribution is 2.49. The minimum Gasteiger partial charge on any atom is -0.495 e. The molecular weight excluding hydrogens is 1090 g/mol. The van der Waals surface area contributed by atoms with Crippen LogP contribution in [0, 0.1) is 5.92 Å². The number of epoxide rings is 1. The van der Waals surface area contributed by atoms with Crippen molar-refractivity contribution in [2.45, 2.75) is 133 Å². The van der Waals surface area contributed by atoms with Crippen molar-refractivity contribution in [3.63, 3.8) is 0 Å². The number of fused-ring (bicyclic) bond motifs is 5. The van der Waals surface area contributed by atoms with Gasteiger partial charge in [-0.05, 0) is 76.6 Å². The number of nitrogens with zero attached hydrogens (tertiary/aromatic N) is 4. The van der Waals surface area contributed by atoms with Crippen molar-refractivity contribution in [2.24, 2.45) is 5.92 Å². The number of benzene rings is 1. The number of rotatable bonds is 17. The van der Waals surface area contributed by atoms with Crippen molar-refractivity contribution in [2.75, 3.05) is 85.5 Å². The number of allylic oxidation sites excluding steroid dienone is 3. The molecule has 0 spiro atoms. The van der Waals surface area contributed by atoms with Crippen LogP contribution < -0.4 is 20.3 Å². The Balaban J connectivity index is 1.18. The summed E-state index contributed by atoms with van der Waals surface area (Å²) in [6.45, 7) is 7.51. The van der Waals surface area contributed by atoms with Gasteiger partial charge in [-0.15, -0.1) is 0 Å². The maximum atomic E-state index is 14.4. The molecule has 5 rings (SSSR count). The van der Waals surface area contributed by atoms with Gasteiger partial charge in [-0.25, -0.2) is 19.2 Å². The van der Waals surface area contributed by atoms with Crippen LogP contribution in [0.25, 0.3) is 0 Å². The second kappa shape index (κ2) is 28.4. The number of carbonyl (C=O) groups is 7. The molecule has 1 aromatic carbocycles. The molecule has 0 radical (unpaired) electrons. The molecule has 4 bridgehead atoms. The molecule has 3 aliphatic heterocycles. The van der Waals surface area contributed by atoms with E-state index in [1.807, 2.05) is 25.2 Å². The van der Waals surface area contributed by atoms with Gasteiger partial charge in [-0.3, -0.25) is 19.7 Å². The number of hydrogen-bond donors (Lipinski definition) is 3. The number of amides is 6. The van der Waals surface area contributed by atoms with Crippen LogP contribution >= 0.6 is 27.5 Å². The standard InChI is InChI=1S/C53H76BrClN6O16/c1-32-14-11-19-41(71-10)53(69)30-40(75-49(66)57-53)33(2)47-52(4,77-47)42(29-45(64)61(8)38-27-35(26-32)28-39(70-9)46(38)55)76-48(65)34(3)60(7)44(63)20-24-73-50(67)58(5)22-23-59(6)51(68)74-37-17-12-15-36(16-13-18-37)72-25-21-56-43(62)31-54/h11-12,14,17,19,27-28,33-34,36-37,40-42,47,69H,13,15-16,18,20-26,29-31H2,1-10H3,(H,56,62)(H,57,66)/t33-,34+,36?,37?,40+,41-,42+,47+,52+,53+/m1/s1. The first-order valence-corrected chi connectivity index (χ1v) is 27.2. The Morgan fingerprint density at radius 1 is 1.04 bits per heavy atom. The van der Waals surface area contributed by atoms with Gasteiger partial charge in [0.05, 0.1) is 49.8 Å². The van der Waals surface area contributed by atoms with E-state index in [1.165, 1.54) is 57.0 Å². The maximum absolute atomic E-state index is 14.4. The van der Waals surface area contributed by atoms with Crippen LogP contribution in [0.1, 0.15) is 78.2 Å². The molecule has 24 heteroatoms. The molecule has 77 heavy (non-hydrogen) atoms. The fraction of sp³-hybridized carbons (Fsp3) is 0.642. The first-order valence-electron chi connectivity index (χ1n) is 25.7. The highest BCUT2D eigenvalue weighted by Gasteiger charge is 2.64. The van der Waals surface area contributed by atoms with Crippen molar-refractivity contribution in [3.8, 4) is 5.75 Å². The molecular formula is C53H76BrClN6O16. The van der Waals surface area contributed by atoms with Crippen molar-refractivity contribution in [1.82, 2.24) is 25.3 Å². The summed E-state index contributed by atoms with van der Waals surface area (Å²) in [5.74, 6) is -2.31. The third-order valence-electron chi connectivity index (χ3n) is 14.4. The topological polar surface area (TPSA) is 254 Å². The van der Waals surface area contributed by atoms with Crippen LogP contribution in [0.5, 0.6) is 5.75 Å². The van der Waals surface area contributed by atoms with Gasteiger partial charge in [-0.2, -0.15) is 0 Å². The van der Waals surface area contributed by atoms with Crippen molar-refractivity contribution < 1.29 is 76.6 Å². The van der Waals surface area contributed by atoms with E-state index in [2.05, 4.69) is 26.6 Å². The first kappa shape index (κ1) is 62.4. The van der Waals surface area contributed by atoms with Crippen molar-refractivity contribution >= 4 is 75.2 Å². The first-order chi connectivity index (χ1) is 36.4. The van der Waals surface area contributed by atoms with Crippen LogP contribution in [0.3, 0.4) is 0 Å². The lowest BCUT2D eigenvalue weighted by molar-refractivity contribution is -0.162. The average Bonchev–Trinajstić information content (AvgIpc) is 4.19. The Hall–Kier alpha value is -5.46. The zero-order valence-corrected chi connectivity index (χ0v) is 48.0. The quantitative estimate of drug-likeness (QED) is 0.0439. The van der Waals surface area contributed by atoms with E-state index in [1.54, 1.807) is 45.2 Å². The number of aliphatic hydroxyl groups is 1. The summed E-state index contributed by atoms with van der Waals surface area (Å²) in [5.41, 5.74) is -1.22. The lowest BCUT2D eigenvalue weighted by Crippen LogP contribution is -2.63. The third kappa shape index (κ3) is 17.0. The molecule has 2 fully saturated rings. The number of anilines is 1. The normalized spacial score (nSPS) is 26.9. The second-order valence-electron chi connectivity index (χ2n) is 20.1. The van der Waals surface area contributed by atoms with Crippen LogP contribution in [0.4, 0.5) is 20.1 Å². The number of alkyl halides is 1. The van der Waals surface area contributed by atoms with E-state index in [-0.39, 0.29) is 54.9 Å². The Morgan fingerprint density at radius 3 is 2.44 bits per heavy atom. The zero-order chi connectivity index (χ0) is 56.8. The molecule has 1 aromatic rings. The van der Waals surface area contributed by atoms with Gasteiger partial charge in [0.15, 0.2) is 5.72 Å². The highest BCUT2D eigenvalue weighted by molar-refractivity contribution is 9.09. The molecule has 10 atom stereocenters. The number of nitrogens with one attached hydrogen (secondary N) is 2. The van der Waals surface area contributed by atoms with Crippen molar-refractivity contribution in [1.29, 1.82) is 0 Å². The molecule has 3 N–H and O–H groups in total. The molecule has 3 heterocycles. The van der Waals surface area contributed by atoms with Crippen LogP contribution in [-0.2, 0) is 58.8 Å². The lowest BCUT2D eigenvalue weighted by atomic mass is 9.83. The number of methoxy groups -OCH3 is 2. The van der Waals surface area contributed by atoms with Gasteiger partial charge in [0.2, 0.25) is 17.7 Å². The van der Waals surface area contributed by atoms with Gasteiger partial charge < -0.3 is 67.9 Å². The molecule has 1 aliphatic carbocycles. The number of likely N-dealkylation sites (N-methyl/N-ethyl adjacent to an activating group) is 3. The highest BCUT2D eigenvalue weighted by atomic mass is 79.9. The largest absolute Gasteiger partial charge is 0.495 e. The maximum Gasteiger partial charge on any atom is 0.410 e. The van der Waals surface area contributed by atoms with Gasteiger partial charge in [0.25, 0.3) is 0 Å².